The van der Waals surface area contributed by atoms with Gasteiger partial charge >= 0.3 is 6.18 Å². The first-order valence-electron chi connectivity index (χ1n) is 5.95. The highest BCUT2D eigenvalue weighted by Gasteiger charge is 2.30. The third-order valence-corrected chi connectivity index (χ3v) is 2.78. The Morgan fingerprint density at radius 2 is 2.00 bits per heavy atom. The lowest BCUT2D eigenvalue weighted by Crippen LogP contribution is -2.16. The SMILES string of the molecule is CN1C=C(N=Nc2cccc(C(F)(F)F)c2)CCC1. The van der Waals surface area contributed by atoms with Gasteiger partial charge in [0.25, 0.3) is 0 Å². The Kier molecular flexibility index (Phi) is 3.87. The number of allylic oxidation sites excluding steroid dienone is 1. The van der Waals surface area contributed by atoms with Crippen LogP contribution in [-0.2, 0) is 6.18 Å². The van der Waals surface area contributed by atoms with Crippen LogP contribution in [0.3, 0.4) is 0 Å². The average Bonchev–Trinajstić information content (AvgIpc) is 2.36. The van der Waals surface area contributed by atoms with E-state index in [9.17, 15) is 13.2 Å². The lowest BCUT2D eigenvalue weighted by atomic mass is 10.2. The molecule has 0 saturated carbocycles. The average molecular weight is 269 g/mol. The molecule has 0 aliphatic carbocycles. The monoisotopic (exact) mass is 269 g/mol. The lowest BCUT2D eigenvalue weighted by molar-refractivity contribution is -0.137. The standard InChI is InChI=1S/C13H14F3N3/c1-19-7-3-6-12(9-19)18-17-11-5-2-4-10(8-11)13(14,15)16/h2,4-5,8-9H,3,6-7H2,1H3. The summed E-state index contributed by atoms with van der Waals surface area (Å²) < 4.78 is 37.6. The van der Waals surface area contributed by atoms with Crippen LogP contribution in [0.4, 0.5) is 18.9 Å². The quantitative estimate of drug-likeness (QED) is 0.733. The Labute approximate surface area is 109 Å². The summed E-state index contributed by atoms with van der Waals surface area (Å²) in [5.74, 6) is 0. The highest BCUT2D eigenvalue weighted by Crippen LogP contribution is 2.31. The molecule has 0 N–H and O–H groups in total. The van der Waals surface area contributed by atoms with Crippen molar-refractivity contribution in [1.82, 2.24) is 4.90 Å². The molecule has 0 radical (unpaired) electrons. The van der Waals surface area contributed by atoms with Crippen molar-refractivity contribution in [1.29, 1.82) is 0 Å². The van der Waals surface area contributed by atoms with Crippen molar-refractivity contribution >= 4 is 5.69 Å². The van der Waals surface area contributed by atoms with Crippen LogP contribution in [0.2, 0.25) is 0 Å². The van der Waals surface area contributed by atoms with Gasteiger partial charge in [0.2, 0.25) is 0 Å². The van der Waals surface area contributed by atoms with Crippen LogP contribution in [0.1, 0.15) is 18.4 Å². The number of azo groups is 1. The van der Waals surface area contributed by atoms with E-state index in [1.807, 2.05) is 18.1 Å². The van der Waals surface area contributed by atoms with Crippen LogP contribution in [-0.4, -0.2) is 18.5 Å². The van der Waals surface area contributed by atoms with Gasteiger partial charge < -0.3 is 4.90 Å². The summed E-state index contributed by atoms with van der Waals surface area (Å²) in [5.41, 5.74) is 0.286. The molecule has 1 aliphatic heterocycles. The number of hydrogen-bond acceptors (Lipinski definition) is 3. The summed E-state index contributed by atoms with van der Waals surface area (Å²) in [7, 11) is 1.93. The minimum absolute atomic E-state index is 0.212. The van der Waals surface area contributed by atoms with Crippen molar-refractivity contribution in [3.63, 3.8) is 0 Å². The smallest absolute Gasteiger partial charge is 0.379 e. The van der Waals surface area contributed by atoms with E-state index < -0.39 is 11.7 Å². The molecule has 0 atom stereocenters. The van der Waals surface area contributed by atoms with Gasteiger partial charge in [-0.1, -0.05) is 6.07 Å². The van der Waals surface area contributed by atoms with Gasteiger partial charge in [-0.05, 0) is 31.0 Å². The number of halogens is 3. The van der Waals surface area contributed by atoms with Crippen molar-refractivity contribution in [2.24, 2.45) is 10.2 Å². The molecule has 1 aromatic carbocycles. The first-order valence-corrected chi connectivity index (χ1v) is 5.95. The second kappa shape index (κ2) is 5.42. The van der Waals surface area contributed by atoms with Crippen LogP contribution >= 0.6 is 0 Å². The maximum absolute atomic E-state index is 12.5. The fourth-order valence-electron chi connectivity index (χ4n) is 1.84. The molecule has 6 heteroatoms. The predicted octanol–water partition coefficient (Wildman–Crippen LogP) is 4.36. The Morgan fingerprint density at radius 1 is 1.21 bits per heavy atom. The number of alkyl halides is 3. The van der Waals surface area contributed by atoms with Crippen molar-refractivity contribution < 1.29 is 13.2 Å². The highest BCUT2D eigenvalue weighted by atomic mass is 19.4. The van der Waals surface area contributed by atoms with Gasteiger partial charge in [0.1, 0.15) is 0 Å². The van der Waals surface area contributed by atoms with E-state index in [1.54, 1.807) is 0 Å². The molecule has 0 spiro atoms. The second-order valence-electron chi connectivity index (χ2n) is 4.45. The van der Waals surface area contributed by atoms with Gasteiger partial charge in [-0.25, -0.2) is 0 Å². The van der Waals surface area contributed by atoms with Gasteiger partial charge in [-0.2, -0.15) is 23.4 Å². The van der Waals surface area contributed by atoms with E-state index in [0.29, 0.717) is 0 Å². The van der Waals surface area contributed by atoms with Gasteiger partial charge in [0.05, 0.1) is 16.9 Å². The van der Waals surface area contributed by atoms with E-state index in [0.717, 1.165) is 37.2 Å². The number of hydrogen-bond donors (Lipinski definition) is 0. The predicted molar refractivity (Wildman–Crippen MR) is 65.9 cm³/mol. The van der Waals surface area contributed by atoms with E-state index in [2.05, 4.69) is 10.2 Å². The number of rotatable bonds is 2. The van der Waals surface area contributed by atoms with Gasteiger partial charge in [-0.3, -0.25) is 0 Å². The zero-order valence-electron chi connectivity index (χ0n) is 10.5. The summed E-state index contributed by atoms with van der Waals surface area (Å²) in [6.07, 6.45) is -0.715. The Hall–Kier alpha value is -1.85. The largest absolute Gasteiger partial charge is 0.416 e. The van der Waals surface area contributed by atoms with Crippen molar-refractivity contribution in [3.05, 3.63) is 41.7 Å². The minimum Gasteiger partial charge on any atom is -0.379 e. The fourth-order valence-corrected chi connectivity index (χ4v) is 1.84. The molecule has 0 aromatic heterocycles. The molecule has 1 heterocycles. The van der Waals surface area contributed by atoms with E-state index in [-0.39, 0.29) is 5.69 Å². The van der Waals surface area contributed by atoms with E-state index in [4.69, 9.17) is 0 Å². The van der Waals surface area contributed by atoms with Crippen LogP contribution in [0.25, 0.3) is 0 Å². The van der Waals surface area contributed by atoms with E-state index >= 15 is 0 Å². The first-order chi connectivity index (χ1) is 8.95. The Balaban J connectivity index is 2.15. The molecule has 3 nitrogen and oxygen atoms in total. The summed E-state index contributed by atoms with van der Waals surface area (Å²) in [6, 6.07) is 4.85. The number of nitrogens with zero attached hydrogens (tertiary/aromatic N) is 3. The van der Waals surface area contributed by atoms with Gasteiger partial charge in [-0.15, -0.1) is 0 Å². The summed E-state index contributed by atoms with van der Waals surface area (Å²) in [6.45, 7) is 0.961. The molecule has 0 amide bonds. The molecule has 0 bridgehead atoms. The third kappa shape index (κ3) is 3.81. The fraction of sp³-hybridized carbons (Fsp3) is 0.385. The molecular formula is C13H14F3N3. The normalized spacial score (nSPS) is 16.8. The minimum atomic E-state index is -4.35. The summed E-state index contributed by atoms with van der Waals surface area (Å²) in [5, 5.41) is 7.87. The van der Waals surface area contributed by atoms with Crippen molar-refractivity contribution in [2.75, 3.05) is 13.6 Å². The van der Waals surface area contributed by atoms with Gasteiger partial charge in [0.15, 0.2) is 0 Å². The molecule has 19 heavy (non-hydrogen) atoms. The van der Waals surface area contributed by atoms with Gasteiger partial charge in [0, 0.05) is 19.8 Å². The molecule has 0 saturated heterocycles. The summed E-state index contributed by atoms with van der Waals surface area (Å²) >= 11 is 0. The first kappa shape index (κ1) is 13.6. The van der Waals surface area contributed by atoms with Crippen LogP contribution in [0, 0.1) is 0 Å². The zero-order valence-corrected chi connectivity index (χ0v) is 10.5. The molecule has 102 valence electrons. The van der Waals surface area contributed by atoms with Crippen LogP contribution in [0.5, 0.6) is 0 Å². The van der Waals surface area contributed by atoms with Crippen molar-refractivity contribution in [2.45, 2.75) is 19.0 Å². The maximum Gasteiger partial charge on any atom is 0.416 e. The second-order valence-corrected chi connectivity index (χ2v) is 4.45. The third-order valence-electron chi connectivity index (χ3n) is 2.78. The zero-order chi connectivity index (χ0) is 13.9. The van der Waals surface area contributed by atoms with Crippen LogP contribution in [0.15, 0.2) is 46.4 Å². The molecule has 1 aromatic rings. The number of benzene rings is 1. The molecular weight excluding hydrogens is 255 g/mol. The molecule has 2 rings (SSSR count). The Morgan fingerprint density at radius 3 is 2.68 bits per heavy atom. The van der Waals surface area contributed by atoms with Crippen LogP contribution < -0.4 is 0 Å². The molecule has 0 fully saturated rings. The topological polar surface area (TPSA) is 28.0 Å². The van der Waals surface area contributed by atoms with E-state index in [1.165, 1.54) is 12.1 Å². The molecule has 1 aliphatic rings. The maximum atomic E-state index is 12.5. The molecule has 0 unspecified atom stereocenters. The summed E-state index contributed by atoms with van der Waals surface area (Å²) in [4.78, 5) is 1.99. The van der Waals surface area contributed by atoms with Crippen molar-refractivity contribution in [3.8, 4) is 0 Å². The lowest BCUT2D eigenvalue weighted by Gasteiger charge is -2.19. The Bertz CT molecular complexity index is 506. The highest BCUT2D eigenvalue weighted by molar-refractivity contribution is 5.40.